The Morgan fingerprint density at radius 2 is 1.62 bits per heavy atom. The molecule has 0 bridgehead atoms. The summed E-state index contributed by atoms with van der Waals surface area (Å²) >= 11 is 0. The van der Waals surface area contributed by atoms with Crippen LogP contribution < -0.4 is 15.2 Å². The highest BCUT2D eigenvalue weighted by atomic mass is 19.3. The Hall–Kier alpha value is -1.36. The lowest BCUT2D eigenvalue weighted by atomic mass is 10.0. The quantitative estimate of drug-likeness (QED) is 0.860. The van der Waals surface area contributed by atoms with Gasteiger partial charge in [0.1, 0.15) is 17.0 Å². The average Bonchev–Trinajstić information content (AvgIpc) is 2.77. The number of rotatable bonds is 3. The van der Waals surface area contributed by atoms with Crippen LogP contribution in [0.1, 0.15) is 12.0 Å². The third-order valence-corrected chi connectivity index (χ3v) is 2.90. The van der Waals surface area contributed by atoms with Gasteiger partial charge < -0.3 is 15.2 Å². The molecule has 88 valence electrons. The fourth-order valence-corrected chi connectivity index (χ4v) is 1.87. The van der Waals surface area contributed by atoms with Crippen molar-refractivity contribution in [2.45, 2.75) is 17.9 Å². The molecule has 2 N–H and O–H groups in total. The Bertz CT molecular complexity index is 400. The zero-order valence-corrected chi connectivity index (χ0v) is 9.09. The van der Waals surface area contributed by atoms with E-state index in [4.69, 9.17) is 15.2 Å². The number of hydrogen-bond donors (Lipinski definition) is 1. The van der Waals surface area contributed by atoms with Gasteiger partial charge in [-0.1, -0.05) is 6.07 Å². The van der Waals surface area contributed by atoms with Crippen LogP contribution in [0.15, 0.2) is 18.2 Å². The van der Waals surface area contributed by atoms with Crippen molar-refractivity contribution >= 4 is 0 Å². The monoisotopic (exact) mass is 229 g/mol. The van der Waals surface area contributed by atoms with Crippen molar-refractivity contribution < 1.29 is 18.3 Å². The van der Waals surface area contributed by atoms with Gasteiger partial charge in [-0.25, -0.2) is 8.78 Å². The molecule has 0 amide bonds. The predicted molar refractivity (Wildman–Crippen MR) is 55.0 cm³/mol. The van der Waals surface area contributed by atoms with E-state index < -0.39 is 11.5 Å². The van der Waals surface area contributed by atoms with Crippen LogP contribution in [0.2, 0.25) is 0 Å². The molecule has 0 saturated heterocycles. The van der Waals surface area contributed by atoms with E-state index in [-0.39, 0.29) is 12.0 Å². The van der Waals surface area contributed by atoms with E-state index >= 15 is 0 Å². The zero-order valence-electron chi connectivity index (χ0n) is 9.09. The van der Waals surface area contributed by atoms with Gasteiger partial charge in [-0.15, -0.1) is 0 Å². The smallest absolute Gasteiger partial charge is 0.272 e. The Kier molecular flexibility index (Phi) is 2.31. The van der Waals surface area contributed by atoms with Crippen molar-refractivity contribution in [1.82, 2.24) is 0 Å². The van der Waals surface area contributed by atoms with E-state index in [9.17, 15) is 8.78 Å². The summed E-state index contributed by atoms with van der Waals surface area (Å²) in [6, 6.07) is 4.87. The summed E-state index contributed by atoms with van der Waals surface area (Å²) in [7, 11) is 2.84. The van der Waals surface area contributed by atoms with E-state index in [2.05, 4.69) is 0 Å². The average molecular weight is 229 g/mol. The molecule has 1 atom stereocenters. The van der Waals surface area contributed by atoms with Gasteiger partial charge >= 0.3 is 0 Å². The molecule has 1 aliphatic carbocycles. The minimum Gasteiger partial charge on any atom is -0.496 e. The van der Waals surface area contributed by atoms with Crippen LogP contribution in [0.3, 0.4) is 0 Å². The largest absolute Gasteiger partial charge is 0.496 e. The number of halogens is 2. The Balaban J connectivity index is 2.55. The van der Waals surface area contributed by atoms with Crippen molar-refractivity contribution in [3.63, 3.8) is 0 Å². The van der Waals surface area contributed by atoms with Gasteiger partial charge in [-0.05, 0) is 12.1 Å². The molecule has 3 nitrogen and oxygen atoms in total. The number of hydrogen-bond acceptors (Lipinski definition) is 3. The van der Waals surface area contributed by atoms with Gasteiger partial charge in [-0.2, -0.15) is 0 Å². The Labute approximate surface area is 92.1 Å². The first-order valence-electron chi connectivity index (χ1n) is 4.84. The lowest BCUT2D eigenvalue weighted by Crippen LogP contribution is -2.28. The molecule has 0 heterocycles. The fraction of sp³-hybridized carbons (Fsp3) is 0.455. The van der Waals surface area contributed by atoms with Gasteiger partial charge in [0.15, 0.2) is 0 Å². The fourth-order valence-electron chi connectivity index (χ4n) is 1.87. The van der Waals surface area contributed by atoms with Gasteiger partial charge in [0.25, 0.3) is 5.92 Å². The number of benzene rings is 1. The summed E-state index contributed by atoms with van der Waals surface area (Å²) in [5.74, 6) is -2.23. The van der Waals surface area contributed by atoms with Crippen LogP contribution in [0, 0.1) is 0 Å². The van der Waals surface area contributed by atoms with Crippen LogP contribution in [-0.4, -0.2) is 20.1 Å². The van der Waals surface area contributed by atoms with Crippen molar-refractivity contribution in [3.8, 4) is 11.5 Å². The first kappa shape index (κ1) is 11.1. The molecule has 0 radical (unpaired) electrons. The van der Waals surface area contributed by atoms with Gasteiger partial charge in [0, 0.05) is 6.42 Å². The predicted octanol–water partition coefficient (Wildman–Crippen LogP) is 1.90. The zero-order chi connectivity index (χ0) is 12.0. The Morgan fingerprint density at radius 1 is 1.19 bits per heavy atom. The summed E-state index contributed by atoms with van der Waals surface area (Å²) in [5.41, 5.74) is 4.27. The number of ether oxygens (including phenoxy) is 2. The Morgan fingerprint density at radius 3 is 1.94 bits per heavy atom. The molecular weight excluding hydrogens is 216 g/mol. The maximum absolute atomic E-state index is 13.3. The molecule has 5 heteroatoms. The minimum atomic E-state index is -2.89. The summed E-state index contributed by atoms with van der Waals surface area (Å²) in [6.07, 6.45) is -0.378. The third-order valence-electron chi connectivity index (χ3n) is 2.90. The molecule has 1 saturated carbocycles. The van der Waals surface area contributed by atoms with Gasteiger partial charge in [0.2, 0.25) is 0 Å². The molecule has 16 heavy (non-hydrogen) atoms. The second-order valence-electron chi connectivity index (χ2n) is 3.89. The molecule has 1 unspecified atom stereocenters. The van der Waals surface area contributed by atoms with Crippen molar-refractivity contribution in [1.29, 1.82) is 0 Å². The standard InChI is InChI=1S/C11H13F2NO2/c1-15-7-4-3-5-8(16-2)9(7)10(14)6-11(10,12)13/h3-5H,6,14H2,1-2H3. The first-order valence-corrected chi connectivity index (χ1v) is 4.84. The molecule has 1 aromatic rings. The molecule has 0 aromatic heterocycles. The van der Waals surface area contributed by atoms with Crippen molar-refractivity contribution in [3.05, 3.63) is 23.8 Å². The SMILES string of the molecule is COc1cccc(OC)c1C1(N)CC1(F)F. The highest BCUT2D eigenvalue weighted by Gasteiger charge is 2.71. The molecule has 2 rings (SSSR count). The van der Waals surface area contributed by atoms with E-state index in [0.29, 0.717) is 11.5 Å². The molecule has 0 spiro atoms. The third kappa shape index (κ3) is 1.35. The minimum absolute atomic E-state index is 0.241. The summed E-state index contributed by atoms with van der Waals surface area (Å²) < 4.78 is 36.6. The number of nitrogens with two attached hydrogens (primary N) is 1. The van der Waals surface area contributed by atoms with Crippen LogP contribution >= 0.6 is 0 Å². The van der Waals surface area contributed by atoms with Crippen LogP contribution in [0.5, 0.6) is 11.5 Å². The van der Waals surface area contributed by atoms with Crippen LogP contribution in [0.4, 0.5) is 8.78 Å². The van der Waals surface area contributed by atoms with Gasteiger partial charge in [0.05, 0.1) is 19.8 Å². The van der Waals surface area contributed by atoms with E-state index in [1.165, 1.54) is 14.2 Å². The lowest BCUT2D eigenvalue weighted by Gasteiger charge is -2.18. The number of alkyl halides is 2. The molecule has 0 aliphatic heterocycles. The maximum Gasteiger partial charge on any atom is 0.272 e. The maximum atomic E-state index is 13.3. The summed E-state index contributed by atoms with van der Waals surface area (Å²) in [6.45, 7) is 0. The lowest BCUT2D eigenvalue weighted by molar-refractivity contribution is 0.0876. The first-order chi connectivity index (χ1) is 7.46. The molecule has 1 aliphatic rings. The number of methoxy groups -OCH3 is 2. The molecule has 1 fully saturated rings. The van der Waals surface area contributed by atoms with E-state index in [1.54, 1.807) is 18.2 Å². The van der Waals surface area contributed by atoms with E-state index in [0.717, 1.165) is 0 Å². The molecule has 1 aromatic carbocycles. The van der Waals surface area contributed by atoms with Crippen molar-refractivity contribution in [2.24, 2.45) is 5.73 Å². The highest BCUT2D eigenvalue weighted by Crippen LogP contribution is 2.61. The second-order valence-corrected chi connectivity index (χ2v) is 3.89. The normalized spacial score (nSPS) is 26.3. The second kappa shape index (κ2) is 3.31. The molecular formula is C11H13F2NO2. The summed E-state index contributed by atoms with van der Waals surface area (Å²) in [5, 5.41) is 0. The summed E-state index contributed by atoms with van der Waals surface area (Å²) in [4.78, 5) is 0. The van der Waals surface area contributed by atoms with Crippen LogP contribution in [0.25, 0.3) is 0 Å². The topological polar surface area (TPSA) is 44.5 Å². The van der Waals surface area contributed by atoms with Gasteiger partial charge in [-0.3, -0.25) is 0 Å². The van der Waals surface area contributed by atoms with E-state index in [1.807, 2.05) is 0 Å². The highest BCUT2D eigenvalue weighted by molar-refractivity contribution is 5.54. The van der Waals surface area contributed by atoms with Crippen LogP contribution in [-0.2, 0) is 5.54 Å². The van der Waals surface area contributed by atoms with Crippen molar-refractivity contribution in [2.75, 3.05) is 14.2 Å².